The van der Waals surface area contributed by atoms with Gasteiger partial charge in [0.15, 0.2) is 0 Å². The predicted molar refractivity (Wildman–Crippen MR) is 17.9 cm³/mol. The van der Waals surface area contributed by atoms with Crippen LogP contribution in [0.15, 0.2) is 0 Å². The molecular formula is BiCaNbOSrTa+15. The Morgan fingerprint density at radius 3 is 1.00 bits per heavy atom. The van der Waals surface area contributed by atoms with E-state index in [1.165, 1.54) is 0 Å². The molecule has 0 rings (SSSR count). The molecule has 6 heteroatoms. The smallest absolute Gasteiger partial charge is 2.00 e. The van der Waals surface area contributed by atoms with Crippen molar-refractivity contribution in [1.29, 1.82) is 0 Å². The van der Waals surface area contributed by atoms with Gasteiger partial charge in [-0.25, -0.2) is 0 Å². The van der Waals surface area contributed by atoms with E-state index in [0.29, 0.717) is 0 Å². The van der Waals surface area contributed by atoms with Crippen molar-refractivity contribution in [2.45, 2.75) is 0 Å². The fourth-order valence-electron chi connectivity index (χ4n) is 0. The van der Waals surface area contributed by atoms with Gasteiger partial charge in [0.1, 0.15) is 0 Å². The molecule has 6 heavy (non-hydrogen) atoms. The molecule has 0 fully saturated rings. The summed E-state index contributed by atoms with van der Waals surface area (Å²) >= 11 is 0. The molecule has 0 aliphatic rings. The third-order valence-corrected chi connectivity index (χ3v) is 0. The molecule has 0 heterocycles. The van der Waals surface area contributed by atoms with E-state index in [1.807, 2.05) is 0 Å². The summed E-state index contributed by atoms with van der Waals surface area (Å²) in [6, 6.07) is 0. The van der Waals surface area contributed by atoms with Gasteiger partial charge in [-0.15, -0.1) is 0 Å². The fourth-order valence-corrected chi connectivity index (χ4v) is 0. The minimum Gasteiger partial charge on any atom is -2.00 e. The van der Waals surface area contributed by atoms with Crippen molar-refractivity contribution >= 4 is 109 Å². The fraction of sp³-hybridized carbons (Fsp3) is 0. The van der Waals surface area contributed by atoms with Crippen molar-refractivity contribution < 1.29 is 50.2 Å². The molecular weight excluding hydrogens is 627 g/mol. The summed E-state index contributed by atoms with van der Waals surface area (Å²) in [5.74, 6) is 0. The molecule has 1 nitrogen and oxygen atoms in total. The first-order valence-electron chi connectivity index (χ1n) is 0. The average molecular weight is 627 g/mol. The number of hydrogen-bond acceptors (Lipinski definition) is 0. The van der Waals surface area contributed by atoms with Crippen LogP contribution in [-0.4, -0.2) is 109 Å². The monoisotopic (exact) mass is 627 g/mol. The molecule has 0 aromatic carbocycles. The normalized spacial score (nSPS) is 0. The molecule has 0 atom stereocenters. The van der Waals surface area contributed by atoms with Crippen LogP contribution in [0.3, 0.4) is 0 Å². The van der Waals surface area contributed by atoms with Crippen molar-refractivity contribution in [2.24, 2.45) is 0 Å². The van der Waals surface area contributed by atoms with E-state index < -0.39 is 0 Å². The molecule has 0 saturated carbocycles. The van der Waals surface area contributed by atoms with E-state index in [1.54, 1.807) is 0 Å². The van der Waals surface area contributed by atoms with Crippen molar-refractivity contribution in [3.8, 4) is 0 Å². The second-order valence-electron chi connectivity index (χ2n) is 0. The van der Waals surface area contributed by atoms with Crippen LogP contribution in [0.25, 0.3) is 0 Å². The summed E-state index contributed by atoms with van der Waals surface area (Å²) in [6.45, 7) is 0. The number of hydrogen-bond donors (Lipinski definition) is 0. The summed E-state index contributed by atoms with van der Waals surface area (Å²) in [4.78, 5) is 0. The second kappa shape index (κ2) is 32.2. The van der Waals surface area contributed by atoms with E-state index >= 15 is 0 Å². The molecule has 0 unspecified atom stereocenters. The molecule has 0 amide bonds. The summed E-state index contributed by atoms with van der Waals surface area (Å²) < 4.78 is 0. The summed E-state index contributed by atoms with van der Waals surface area (Å²) in [5.41, 5.74) is 0. The molecule has 0 aromatic rings. The Hall–Kier alpha value is 5.06. The Morgan fingerprint density at radius 2 is 1.00 bits per heavy atom. The van der Waals surface area contributed by atoms with Crippen molar-refractivity contribution in [3.05, 3.63) is 0 Å². The first kappa shape index (κ1) is 43.7. The Bertz CT molecular complexity index is 15.5. The zero-order valence-corrected chi connectivity index (χ0v) is 17.7. The minimum atomic E-state index is 0. The van der Waals surface area contributed by atoms with Crippen LogP contribution in [0.2, 0.25) is 0 Å². The van der Waals surface area contributed by atoms with Crippen LogP contribution < -0.4 is 0 Å². The zero-order valence-electron chi connectivity index (χ0n) is 3.16. The maximum atomic E-state index is 0. The van der Waals surface area contributed by atoms with E-state index in [9.17, 15) is 0 Å². The van der Waals surface area contributed by atoms with Gasteiger partial charge in [0.05, 0.1) is 0 Å². The molecule has 0 aromatic heterocycles. The second-order valence-corrected chi connectivity index (χ2v) is 0. The van der Waals surface area contributed by atoms with Gasteiger partial charge >= 0.3 is 154 Å². The molecule has 2 radical (unpaired) electrons. The number of rotatable bonds is 0. The summed E-state index contributed by atoms with van der Waals surface area (Å²) in [7, 11) is 0. The Labute approximate surface area is 155 Å². The van der Waals surface area contributed by atoms with Crippen molar-refractivity contribution in [1.82, 2.24) is 0 Å². The van der Waals surface area contributed by atoms with Gasteiger partial charge in [-0.2, -0.15) is 0 Å². The largest absolute Gasteiger partial charge is 5.00 e. The van der Waals surface area contributed by atoms with Gasteiger partial charge in [0.2, 0.25) is 0 Å². The van der Waals surface area contributed by atoms with Crippen LogP contribution in [-0.2, 0) is 50.2 Å². The first-order valence-corrected chi connectivity index (χ1v) is 0. The zero-order chi connectivity index (χ0) is 0. The first-order chi connectivity index (χ1) is 0. The van der Waals surface area contributed by atoms with E-state index in [4.69, 9.17) is 0 Å². The van der Waals surface area contributed by atoms with Crippen molar-refractivity contribution in [3.63, 3.8) is 0 Å². The maximum absolute atomic E-state index is 0. The van der Waals surface area contributed by atoms with Crippen LogP contribution in [0.5, 0.6) is 0 Å². The summed E-state index contributed by atoms with van der Waals surface area (Å²) in [5, 5.41) is 0. The molecule has 0 N–H and O–H groups in total. The quantitative estimate of drug-likeness (QED) is 0.301. The van der Waals surface area contributed by atoms with Gasteiger partial charge in [0.25, 0.3) is 0 Å². The SMILES string of the molecule is [Bi+3].[Ca+2].[Nb+5].[O-2].[Sr+2].[Ta+5]. The van der Waals surface area contributed by atoms with Crippen LogP contribution in [0, 0.1) is 0 Å². The Balaban J connectivity index is 0. The van der Waals surface area contributed by atoms with E-state index in [0.717, 1.165) is 0 Å². The third-order valence-electron chi connectivity index (χ3n) is 0. The molecule has 0 aliphatic carbocycles. The van der Waals surface area contributed by atoms with Crippen LogP contribution in [0.4, 0.5) is 0 Å². The topological polar surface area (TPSA) is 28.5 Å². The van der Waals surface area contributed by atoms with Gasteiger partial charge in [-0.3, -0.25) is 0 Å². The van der Waals surface area contributed by atoms with Gasteiger partial charge in [0, 0.05) is 0 Å². The average Bonchev–Trinajstić information content (AvgIpc) is 0. The molecule has 0 aliphatic heterocycles. The molecule has 0 saturated heterocycles. The van der Waals surface area contributed by atoms with Gasteiger partial charge in [-0.05, 0) is 0 Å². The van der Waals surface area contributed by atoms with Gasteiger partial charge in [-0.1, -0.05) is 0 Å². The van der Waals surface area contributed by atoms with Crippen molar-refractivity contribution in [2.75, 3.05) is 0 Å². The van der Waals surface area contributed by atoms with Gasteiger partial charge < -0.3 is 5.48 Å². The van der Waals surface area contributed by atoms with Crippen LogP contribution in [0.1, 0.15) is 0 Å². The summed E-state index contributed by atoms with van der Waals surface area (Å²) in [6.07, 6.45) is 0. The third kappa shape index (κ3) is 23.0. The molecule has 10 valence electrons. The molecule has 0 bridgehead atoms. The maximum Gasteiger partial charge on any atom is 5.00 e. The minimum absolute atomic E-state index is 0. The molecule has 0 spiro atoms. The predicted octanol–water partition coefficient (Wildman–Crippen LogP) is -1.27. The Morgan fingerprint density at radius 1 is 1.00 bits per heavy atom. The Kier molecular flexibility index (Phi) is 235. The van der Waals surface area contributed by atoms with Crippen LogP contribution >= 0.6 is 0 Å². The van der Waals surface area contributed by atoms with E-state index in [-0.39, 0.29) is 160 Å². The standard InChI is InChI=1S/Bi.Ca.Nb.O.Sr.Ta/q+3;+2;+5;-2;+2;+5. The van der Waals surface area contributed by atoms with E-state index in [2.05, 4.69) is 0 Å².